The van der Waals surface area contributed by atoms with E-state index in [1.54, 1.807) is 13.0 Å². The van der Waals surface area contributed by atoms with Crippen molar-refractivity contribution in [1.29, 1.82) is 0 Å². The third-order valence-corrected chi connectivity index (χ3v) is 3.60. The van der Waals surface area contributed by atoms with Gasteiger partial charge in [0.2, 0.25) is 5.89 Å². The molecule has 0 aliphatic carbocycles. The SMILES string of the molecule is COc1ccc(COC(=O)c2nc(-c3ccccc3)oc2C)cc1F. The average molecular weight is 341 g/mol. The molecule has 0 bridgehead atoms. The molecule has 0 spiro atoms. The zero-order chi connectivity index (χ0) is 17.8. The van der Waals surface area contributed by atoms with Gasteiger partial charge in [-0.05, 0) is 36.8 Å². The van der Waals surface area contributed by atoms with Gasteiger partial charge in [-0.15, -0.1) is 0 Å². The second-order valence-corrected chi connectivity index (χ2v) is 5.33. The van der Waals surface area contributed by atoms with E-state index in [2.05, 4.69) is 4.98 Å². The van der Waals surface area contributed by atoms with E-state index < -0.39 is 11.8 Å². The van der Waals surface area contributed by atoms with Crippen LogP contribution in [0.2, 0.25) is 0 Å². The van der Waals surface area contributed by atoms with E-state index in [1.165, 1.54) is 19.2 Å². The van der Waals surface area contributed by atoms with Crippen LogP contribution in [0.4, 0.5) is 4.39 Å². The van der Waals surface area contributed by atoms with Crippen molar-refractivity contribution in [2.45, 2.75) is 13.5 Å². The van der Waals surface area contributed by atoms with Crippen LogP contribution in [-0.4, -0.2) is 18.1 Å². The molecule has 0 N–H and O–H groups in total. The Labute approximate surface area is 144 Å². The van der Waals surface area contributed by atoms with Gasteiger partial charge in [0.05, 0.1) is 7.11 Å². The maximum atomic E-state index is 13.7. The van der Waals surface area contributed by atoms with Gasteiger partial charge in [-0.2, -0.15) is 0 Å². The molecule has 3 rings (SSSR count). The van der Waals surface area contributed by atoms with Crippen LogP contribution >= 0.6 is 0 Å². The lowest BCUT2D eigenvalue weighted by Gasteiger charge is -2.06. The van der Waals surface area contributed by atoms with Crippen molar-refractivity contribution < 1.29 is 23.1 Å². The van der Waals surface area contributed by atoms with E-state index in [-0.39, 0.29) is 18.1 Å². The molecule has 25 heavy (non-hydrogen) atoms. The van der Waals surface area contributed by atoms with E-state index in [0.29, 0.717) is 17.2 Å². The molecule has 0 aliphatic rings. The predicted molar refractivity (Wildman–Crippen MR) is 88.7 cm³/mol. The number of aromatic nitrogens is 1. The summed E-state index contributed by atoms with van der Waals surface area (Å²) in [7, 11) is 1.38. The quantitative estimate of drug-likeness (QED) is 0.652. The molecule has 0 amide bonds. The molecule has 5 nitrogen and oxygen atoms in total. The number of benzene rings is 2. The van der Waals surface area contributed by atoms with Crippen LogP contribution < -0.4 is 4.74 Å². The molecule has 0 fully saturated rings. The Morgan fingerprint density at radius 3 is 2.64 bits per heavy atom. The van der Waals surface area contributed by atoms with Crippen molar-refractivity contribution in [3.63, 3.8) is 0 Å². The number of hydrogen-bond donors (Lipinski definition) is 0. The van der Waals surface area contributed by atoms with Gasteiger partial charge in [-0.1, -0.05) is 24.3 Å². The van der Waals surface area contributed by atoms with Crippen LogP contribution in [0.3, 0.4) is 0 Å². The molecule has 0 saturated heterocycles. The van der Waals surface area contributed by atoms with E-state index in [1.807, 2.05) is 30.3 Å². The lowest BCUT2D eigenvalue weighted by molar-refractivity contribution is 0.0464. The van der Waals surface area contributed by atoms with E-state index in [4.69, 9.17) is 13.9 Å². The van der Waals surface area contributed by atoms with Crippen molar-refractivity contribution in [1.82, 2.24) is 4.98 Å². The fourth-order valence-electron chi connectivity index (χ4n) is 2.31. The molecular formula is C19H16FNO4. The first kappa shape index (κ1) is 16.7. The molecule has 0 saturated carbocycles. The van der Waals surface area contributed by atoms with Gasteiger partial charge in [-0.3, -0.25) is 0 Å². The minimum Gasteiger partial charge on any atom is -0.494 e. The normalized spacial score (nSPS) is 10.5. The van der Waals surface area contributed by atoms with Gasteiger partial charge < -0.3 is 13.9 Å². The number of oxazole rings is 1. The number of esters is 1. The Morgan fingerprint density at radius 2 is 1.96 bits per heavy atom. The molecule has 1 aromatic heterocycles. The van der Waals surface area contributed by atoms with Crippen LogP contribution in [0.1, 0.15) is 21.8 Å². The molecule has 0 atom stereocenters. The smallest absolute Gasteiger partial charge is 0.360 e. The van der Waals surface area contributed by atoms with Crippen molar-refractivity contribution >= 4 is 5.97 Å². The largest absolute Gasteiger partial charge is 0.494 e. The Hall–Kier alpha value is -3.15. The number of carbonyl (C=O) groups is 1. The van der Waals surface area contributed by atoms with E-state index in [9.17, 15) is 9.18 Å². The summed E-state index contributed by atoms with van der Waals surface area (Å²) in [5.74, 6) is -0.292. The highest BCUT2D eigenvalue weighted by Crippen LogP contribution is 2.22. The van der Waals surface area contributed by atoms with Gasteiger partial charge in [0.15, 0.2) is 17.3 Å². The highest BCUT2D eigenvalue weighted by molar-refractivity contribution is 5.88. The molecule has 6 heteroatoms. The van der Waals surface area contributed by atoms with Gasteiger partial charge in [-0.25, -0.2) is 14.2 Å². The number of aryl methyl sites for hydroxylation is 1. The minimum absolute atomic E-state index is 0.0767. The first-order chi connectivity index (χ1) is 12.1. The van der Waals surface area contributed by atoms with Crippen molar-refractivity contribution in [2.75, 3.05) is 7.11 Å². The number of methoxy groups -OCH3 is 1. The fourth-order valence-corrected chi connectivity index (χ4v) is 2.31. The van der Waals surface area contributed by atoms with E-state index in [0.717, 1.165) is 5.56 Å². The Morgan fingerprint density at radius 1 is 1.20 bits per heavy atom. The molecule has 0 unspecified atom stereocenters. The second kappa shape index (κ2) is 7.17. The summed E-state index contributed by atoms with van der Waals surface area (Å²) >= 11 is 0. The van der Waals surface area contributed by atoms with Gasteiger partial charge >= 0.3 is 5.97 Å². The first-order valence-electron chi connectivity index (χ1n) is 7.61. The highest BCUT2D eigenvalue weighted by atomic mass is 19.1. The van der Waals surface area contributed by atoms with Crippen LogP contribution in [0.5, 0.6) is 5.75 Å². The van der Waals surface area contributed by atoms with Crippen LogP contribution in [-0.2, 0) is 11.3 Å². The van der Waals surface area contributed by atoms with Crippen molar-refractivity contribution in [3.05, 3.63) is 71.4 Å². The lowest BCUT2D eigenvalue weighted by Crippen LogP contribution is -2.07. The number of rotatable bonds is 5. The standard InChI is InChI=1S/C19H16FNO4/c1-12-17(21-18(25-12)14-6-4-3-5-7-14)19(22)24-11-13-8-9-16(23-2)15(20)10-13/h3-10H,11H2,1-2H3. The summed E-state index contributed by atoms with van der Waals surface area (Å²) in [4.78, 5) is 16.4. The number of carbonyl (C=O) groups excluding carboxylic acids is 1. The molecular weight excluding hydrogens is 325 g/mol. The fraction of sp³-hybridized carbons (Fsp3) is 0.158. The van der Waals surface area contributed by atoms with E-state index >= 15 is 0 Å². The summed E-state index contributed by atoms with van der Waals surface area (Å²) in [5.41, 5.74) is 1.38. The predicted octanol–water partition coefficient (Wildman–Crippen LogP) is 4.15. The number of hydrogen-bond acceptors (Lipinski definition) is 5. The minimum atomic E-state index is -0.625. The van der Waals surface area contributed by atoms with Crippen molar-refractivity contribution in [2.24, 2.45) is 0 Å². The zero-order valence-corrected chi connectivity index (χ0v) is 13.8. The summed E-state index contributed by atoms with van der Waals surface area (Å²) in [6.45, 7) is 1.57. The zero-order valence-electron chi connectivity index (χ0n) is 13.8. The van der Waals surface area contributed by atoms with Gasteiger partial charge in [0, 0.05) is 5.56 Å². The summed E-state index contributed by atoms with van der Waals surface area (Å²) in [5, 5.41) is 0. The topological polar surface area (TPSA) is 61.6 Å². The Kier molecular flexibility index (Phi) is 4.79. The third kappa shape index (κ3) is 3.68. The average Bonchev–Trinajstić information content (AvgIpc) is 3.02. The van der Waals surface area contributed by atoms with Crippen LogP contribution in [0.15, 0.2) is 52.9 Å². The summed E-state index contributed by atoms with van der Waals surface area (Å²) < 4.78 is 29.2. The van der Waals surface area contributed by atoms with Gasteiger partial charge in [0.1, 0.15) is 12.4 Å². The highest BCUT2D eigenvalue weighted by Gasteiger charge is 2.19. The van der Waals surface area contributed by atoms with Crippen molar-refractivity contribution in [3.8, 4) is 17.2 Å². The number of nitrogens with zero attached hydrogens (tertiary/aromatic N) is 1. The Balaban J connectivity index is 1.71. The third-order valence-electron chi connectivity index (χ3n) is 3.60. The maximum Gasteiger partial charge on any atom is 0.360 e. The second-order valence-electron chi connectivity index (χ2n) is 5.33. The molecule has 128 valence electrons. The van der Waals surface area contributed by atoms with Gasteiger partial charge in [0.25, 0.3) is 0 Å². The summed E-state index contributed by atoms with van der Waals surface area (Å²) in [6, 6.07) is 13.6. The first-order valence-corrected chi connectivity index (χ1v) is 7.61. The number of ether oxygens (including phenoxy) is 2. The van der Waals surface area contributed by atoms with Crippen LogP contribution in [0, 0.1) is 12.7 Å². The molecule has 0 aliphatic heterocycles. The Bertz CT molecular complexity index is 890. The maximum absolute atomic E-state index is 13.7. The monoisotopic (exact) mass is 341 g/mol. The lowest BCUT2D eigenvalue weighted by atomic mass is 10.2. The number of halogens is 1. The van der Waals surface area contributed by atoms with Crippen LogP contribution in [0.25, 0.3) is 11.5 Å². The molecule has 0 radical (unpaired) electrons. The molecule has 3 aromatic rings. The molecule has 1 heterocycles. The summed E-state index contributed by atoms with van der Waals surface area (Å²) in [6.07, 6.45) is 0. The molecule has 2 aromatic carbocycles.